The summed E-state index contributed by atoms with van der Waals surface area (Å²) < 4.78 is 27.9. The third kappa shape index (κ3) is 3.25. The molecule has 0 aromatic heterocycles. The summed E-state index contributed by atoms with van der Waals surface area (Å²) in [5, 5.41) is 0. The summed E-state index contributed by atoms with van der Waals surface area (Å²) in [5.41, 5.74) is 1.00. The first-order valence-electron chi connectivity index (χ1n) is 3.65. The van der Waals surface area contributed by atoms with E-state index in [2.05, 4.69) is 31.9 Å². The zero-order valence-corrected chi connectivity index (χ0v) is 11.5. The second-order valence-corrected chi connectivity index (χ2v) is 6.13. The van der Waals surface area contributed by atoms with Gasteiger partial charge in [-0.15, -0.1) is 0 Å². The second-order valence-electron chi connectivity index (χ2n) is 2.85. The van der Waals surface area contributed by atoms with Crippen LogP contribution < -0.4 is 4.18 Å². The maximum Gasteiger partial charge on any atom is 0.306 e. The summed E-state index contributed by atoms with van der Waals surface area (Å²) in [7, 11) is -3.50. The van der Waals surface area contributed by atoms with Crippen molar-refractivity contribution in [1.29, 1.82) is 0 Å². The van der Waals surface area contributed by atoms with Crippen molar-refractivity contribution >= 4 is 42.0 Å². The summed E-state index contributed by atoms with van der Waals surface area (Å²) in [4.78, 5) is 0. The molecule has 0 spiro atoms. The molecule has 1 rings (SSSR count). The van der Waals surface area contributed by atoms with E-state index < -0.39 is 10.1 Å². The molecule has 0 N–H and O–H groups in total. The Labute approximate surface area is 99.8 Å². The first-order valence-corrected chi connectivity index (χ1v) is 7.05. The number of benzene rings is 1. The first kappa shape index (κ1) is 12.0. The summed E-state index contributed by atoms with van der Waals surface area (Å²) >= 11 is 6.46. The molecule has 0 bridgehead atoms. The lowest BCUT2D eigenvalue weighted by molar-refractivity contribution is 0.490. The summed E-state index contributed by atoms with van der Waals surface area (Å²) in [6.07, 6.45) is 1.01. The summed E-state index contributed by atoms with van der Waals surface area (Å²) in [5.74, 6) is 0.276. The molecule has 0 fully saturated rings. The van der Waals surface area contributed by atoms with Gasteiger partial charge in [0.25, 0.3) is 0 Å². The topological polar surface area (TPSA) is 43.4 Å². The van der Waals surface area contributed by atoms with Gasteiger partial charge < -0.3 is 4.18 Å². The van der Waals surface area contributed by atoms with Crippen molar-refractivity contribution in [2.24, 2.45) is 0 Å². The molecule has 0 aliphatic carbocycles. The van der Waals surface area contributed by atoms with Gasteiger partial charge in [0.05, 0.1) is 15.2 Å². The average Bonchev–Trinajstić information content (AvgIpc) is 1.95. The standard InChI is InChI=1S/C8H8Br2O3S/c1-5-3-6(9)8(7(10)4-5)13-14(2,11)12/h3-4H,1-2H3. The minimum Gasteiger partial charge on any atom is -0.380 e. The lowest BCUT2D eigenvalue weighted by Gasteiger charge is -2.08. The Kier molecular flexibility index (Phi) is 3.60. The molecule has 14 heavy (non-hydrogen) atoms. The van der Waals surface area contributed by atoms with Crippen LogP contribution >= 0.6 is 31.9 Å². The lowest BCUT2D eigenvalue weighted by atomic mass is 10.2. The number of halogens is 2. The van der Waals surface area contributed by atoms with Gasteiger partial charge in [0.15, 0.2) is 5.75 Å². The number of hydrogen-bond acceptors (Lipinski definition) is 3. The van der Waals surface area contributed by atoms with Crippen molar-refractivity contribution in [3.8, 4) is 5.75 Å². The van der Waals surface area contributed by atoms with E-state index in [-0.39, 0.29) is 5.75 Å². The third-order valence-electron chi connectivity index (χ3n) is 1.38. The molecule has 0 aliphatic rings. The molecule has 6 heteroatoms. The van der Waals surface area contributed by atoms with Gasteiger partial charge in [0, 0.05) is 0 Å². The minimum atomic E-state index is -3.50. The Bertz CT molecular complexity index is 431. The van der Waals surface area contributed by atoms with E-state index in [0.29, 0.717) is 8.95 Å². The van der Waals surface area contributed by atoms with Crippen LogP contribution in [-0.2, 0) is 10.1 Å². The highest BCUT2D eigenvalue weighted by Gasteiger charge is 2.12. The quantitative estimate of drug-likeness (QED) is 0.775. The van der Waals surface area contributed by atoms with E-state index in [0.717, 1.165) is 11.8 Å². The monoisotopic (exact) mass is 342 g/mol. The number of aryl methyl sites for hydroxylation is 1. The summed E-state index contributed by atoms with van der Waals surface area (Å²) in [6.45, 7) is 1.90. The molecule has 1 aromatic rings. The normalized spacial score (nSPS) is 11.4. The van der Waals surface area contributed by atoms with Gasteiger partial charge in [-0.05, 0) is 56.5 Å². The van der Waals surface area contributed by atoms with Crippen molar-refractivity contribution in [1.82, 2.24) is 0 Å². The first-order chi connectivity index (χ1) is 6.29. The highest BCUT2D eigenvalue weighted by molar-refractivity contribution is 9.11. The predicted octanol–water partition coefficient (Wildman–Crippen LogP) is 2.86. The maximum absolute atomic E-state index is 10.9. The van der Waals surface area contributed by atoms with Crippen LogP contribution in [0.15, 0.2) is 21.1 Å². The average molecular weight is 344 g/mol. The molecule has 0 amide bonds. The highest BCUT2D eigenvalue weighted by Crippen LogP contribution is 2.35. The maximum atomic E-state index is 10.9. The van der Waals surface area contributed by atoms with Crippen LogP contribution in [-0.4, -0.2) is 14.7 Å². The second kappa shape index (κ2) is 4.20. The molecular weight excluding hydrogens is 336 g/mol. The molecule has 0 aliphatic heterocycles. The van der Waals surface area contributed by atoms with Crippen molar-refractivity contribution in [3.05, 3.63) is 26.6 Å². The van der Waals surface area contributed by atoms with Crippen molar-refractivity contribution in [3.63, 3.8) is 0 Å². The fraction of sp³-hybridized carbons (Fsp3) is 0.250. The summed E-state index contributed by atoms with van der Waals surface area (Å²) in [6, 6.07) is 3.57. The highest BCUT2D eigenvalue weighted by atomic mass is 79.9. The number of rotatable bonds is 2. The van der Waals surface area contributed by atoms with Gasteiger partial charge in [-0.25, -0.2) is 0 Å². The van der Waals surface area contributed by atoms with Crippen molar-refractivity contribution in [2.45, 2.75) is 6.92 Å². The van der Waals surface area contributed by atoms with E-state index in [1.54, 1.807) is 12.1 Å². The van der Waals surface area contributed by atoms with Crippen LogP contribution in [0, 0.1) is 6.92 Å². The van der Waals surface area contributed by atoms with Crippen molar-refractivity contribution < 1.29 is 12.6 Å². The minimum absolute atomic E-state index is 0.276. The van der Waals surface area contributed by atoms with Crippen LogP contribution in [0.25, 0.3) is 0 Å². The third-order valence-corrected chi connectivity index (χ3v) is 3.02. The zero-order chi connectivity index (χ0) is 10.9. The molecule has 0 radical (unpaired) electrons. The Balaban J connectivity index is 3.22. The van der Waals surface area contributed by atoms with Crippen LogP contribution in [0.2, 0.25) is 0 Å². The molecule has 0 unspecified atom stereocenters. The van der Waals surface area contributed by atoms with Gasteiger partial charge in [-0.2, -0.15) is 8.42 Å². The largest absolute Gasteiger partial charge is 0.380 e. The molecule has 0 saturated carbocycles. The van der Waals surface area contributed by atoms with Crippen LogP contribution in [0.4, 0.5) is 0 Å². The SMILES string of the molecule is Cc1cc(Br)c(OS(C)(=O)=O)c(Br)c1. The predicted molar refractivity (Wildman–Crippen MR) is 62.1 cm³/mol. The Morgan fingerprint density at radius 1 is 1.21 bits per heavy atom. The fourth-order valence-corrected chi connectivity index (χ4v) is 3.19. The molecule has 78 valence electrons. The van der Waals surface area contributed by atoms with Crippen LogP contribution in [0.5, 0.6) is 5.75 Å². The van der Waals surface area contributed by atoms with E-state index in [4.69, 9.17) is 4.18 Å². The Morgan fingerprint density at radius 2 is 1.64 bits per heavy atom. The fourth-order valence-electron chi connectivity index (χ4n) is 0.918. The molecule has 0 saturated heterocycles. The molecule has 3 nitrogen and oxygen atoms in total. The molecular formula is C8H8Br2O3S. The number of hydrogen-bond donors (Lipinski definition) is 0. The molecule has 1 aromatic carbocycles. The van der Waals surface area contributed by atoms with E-state index in [1.165, 1.54) is 0 Å². The smallest absolute Gasteiger partial charge is 0.306 e. The molecule has 0 atom stereocenters. The van der Waals surface area contributed by atoms with Crippen LogP contribution in [0.1, 0.15) is 5.56 Å². The van der Waals surface area contributed by atoms with Gasteiger partial charge in [-0.1, -0.05) is 0 Å². The Morgan fingerprint density at radius 3 is 2.00 bits per heavy atom. The van der Waals surface area contributed by atoms with Gasteiger partial charge in [0.2, 0.25) is 0 Å². The van der Waals surface area contributed by atoms with Gasteiger partial charge >= 0.3 is 10.1 Å². The Hall–Kier alpha value is -0.0700. The lowest BCUT2D eigenvalue weighted by Crippen LogP contribution is -2.06. The van der Waals surface area contributed by atoms with Gasteiger partial charge in [0.1, 0.15) is 0 Å². The van der Waals surface area contributed by atoms with E-state index >= 15 is 0 Å². The van der Waals surface area contributed by atoms with E-state index in [1.807, 2.05) is 6.92 Å². The van der Waals surface area contributed by atoms with Crippen molar-refractivity contribution in [2.75, 3.05) is 6.26 Å². The van der Waals surface area contributed by atoms with E-state index in [9.17, 15) is 8.42 Å². The molecule has 0 heterocycles. The zero-order valence-electron chi connectivity index (χ0n) is 7.54. The van der Waals surface area contributed by atoms with Gasteiger partial charge in [-0.3, -0.25) is 0 Å². The van der Waals surface area contributed by atoms with Crippen LogP contribution in [0.3, 0.4) is 0 Å².